The summed E-state index contributed by atoms with van der Waals surface area (Å²) in [5, 5.41) is 16.3. The normalized spacial score (nSPS) is 11.0. The fraction of sp³-hybridized carbons (Fsp3) is 0.312. The second kappa shape index (κ2) is 8.48. The summed E-state index contributed by atoms with van der Waals surface area (Å²) in [7, 11) is 3.55. The highest BCUT2D eigenvalue weighted by Gasteiger charge is 2.30. The Kier molecular flexibility index (Phi) is 6.34. The summed E-state index contributed by atoms with van der Waals surface area (Å²) in [6.45, 7) is 0.269. The molecule has 1 N–H and O–H groups in total. The van der Waals surface area contributed by atoms with Gasteiger partial charge in [0.1, 0.15) is 6.61 Å². The second-order valence-electron chi connectivity index (χ2n) is 5.22. The zero-order chi connectivity index (χ0) is 19.2. The molecule has 0 amide bonds. The number of aromatic nitrogens is 5. The molecular formula is C16H18F3N5O2. The van der Waals surface area contributed by atoms with Gasteiger partial charge in [-0.05, 0) is 18.2 Å². The predicted molar refractivity (Wildman–Crippen MR) is 85.9 cm³/mol. The molecule has 10 heteroatoms. The van der Waals surface area contributed by atoms with Crippen molar-refractivity contribution in [3.63, 3.8) is 0 Å². The zero-order valence-corrected chi connectivity index (χ0v) is 14.2. The molecule has 7 nitrogen and oxygen atoms in total. The fourth-order valence-electron chi connectivity index (χ4n) is 1.88. The number of aryl methyl sites for hydroxylation is 2. The summed E-state index contributed by atoms with van der Waals surface area (Å²) in [6.07, 6.45) is -0.365. The van der Waals surface area contributed by atoms with E-state index in [2.05, 4.69) is 15.2 Å². The number of pyridine rings is 1. The van der Waals surface area contributed by atoms with Crippen LogP contribution in [0.2, 0.25) is 0 Å². The van der Waals surface area contributed by atoms with Gasteiger partial charge in [0.05, 0.1) is 23.6 Å². The maximum atomic E-state index is 12.3. The van der Waals surface area contributed by atoms with Crippen LogP contribution in [0.5, 0.6) is 5.88 Å². The third-order valence-electron chi connectivity index (χ3n) is 3.44. The van der Waals surface area contributed by atoms with Crippen LogP contribution in [0.4, 0.5) is 13.2 Å². The van der Waals surface area contributed by atoms with Gasteiger partial charge in [0.25, 0.3) is 0 Å². The second-order valence-corrected chi connectivity index (χ2v) is 5.22. The highest BCUT2D eigenvalue weighted by molar-refractivity contribution is 5.20. The number of aliphatic hydroxyl groups is 1. The molecule has 0 spiro atoms. The van der Waals surface area contributed by atoms with Crippen LogP contribution in [0.3, 0.4) is 0 Å². The molecule has 3 aromatic rings. The molecule has 0 aliphatic rings. The number of ether oxygens (including phenoxy) is 1. The molecule has 0 atom stereocenters. The van der Waals surface area contributed by atoms with Gasteiger partial charge in [0.2, 0.25) is 5.88 Å². The first kappa shape index (κ1) is 19.4. The Morgan fingerprint density at radius 3 is 2.00 bits per heavy atom. The van der Waals surface area contributed by atoms with E-state index in [0.29, 0.717) is 0 Å². The first-order chi connectivity index (χ1) is 12.3. The zero-order valence-electron chi connectivity index (χ0n) is 14.2. The van der Waals surface area contributed by atoms with E-state index in [4.69, 9.17) is 9.84 Å². The minimum Gasteiger partial charge on any atom is -0.471 e. The molecule has 0 radical (unpaired) electrons. The summed E-state index contributed by atoms with van der Waals surface area (Å²) in [5.74, 6) is 0.143. The molecule has 0 aliphatic carbocycles. The van der Waals surface area contributed by atoms with Crippen LogP contribution in [0.25, 0.3) is 0 Å². The van der Waals surface area contributed by atoms with Gasteiger partial charge in [-0.3, -0.25) is 9.36 Å². The largest absolute Gasteiger partial charge is 0.471 e. The molecular weight excluding hydrogens is 351 g/mol. The summed E-state index contributed by atoms with van der Waals surface area (Å²) in [6, 6.07) is 5.66. The molecule has 3 aromatic heterocycles. The third-order valence-corrected chi connectivity index (χ3v) is 3.44. The number of rotatable bonds is 4. The lowest BCUT2D eigenvalue weighted by Crippen LogP contribution is -2.07. The monoisotopic (exact) mass is 369 g/mol. The van der Waals surface area contributed by atoms with E-state index in [1.165, 1.54) is 6.07 Å². The van der Waals surface area contributed by atoms with Crippen LogP contribution in [0.1, 0.15) is 17.0 Å². The third kappa shape index (κ3) is 5.31. The van der Waals surface area contributed by atoms with Crippen molar-refractivity contribution in [3.8, 4) is 5.88 Å². The number of hydrogen-bond donors (Lipinski definition) is 1. The van der Waals surface area contributed by atoms with E-state index in [-0.39, 0.29) is 19.1 Å². The van der Waals surface area contributed by atoms with Crippen molar-refractivity contribution in [1.82, 2.24) is 24.5 Å². The van der Waals surface area contributed by atoms with Gasteiger partial charge >= 0.3 is 6.18 Å². The van der Waals surface area contributed by atoms with Gasteiger partial charge in [-0.1, -0.05) is 0 Å². The number of hydrogen-bond acceptors (Lipinski definition) is 5. The minimum absolute atomic E-state index is 0.0660. The average molecular weight is 369 g/mol. The SMILES string of the molecule is Cn1nccc1CO.Cn1nccc1COc1ccc(C(F)(F)F)cn1. The lowest BCUT2D eigenvalue weighted by Gasteiger charge is -2.08. The lowest BCUT2D eigenvalue weighted by atomic mass is 10.3. The summed E-state index contributed by atoms with van der Waals surface area (Å²) < 4.78 is 45.4. The summed E-state index contributed by atoms with van der Waals surface area (Å²) >= 11 is 0. The standard InChI is InChI=1S/C11H10F3N3O.C5H8N2O/c1-17-9(4-5-16-17)7-18-10-3-2-8(6-15-10)11(12,13)14;1-7-5(4-8)2-3-6-7/h2-6H,7H2,1H3;2-3,8H,4H2,1H3. The predicted octanol–water partition coefficient (Wildman–Crippen LogP) is 2.33. The topological polar surface area (TPSA) is 78.0 Å². The van der Waals surface area contributed by atoms with E-state index < -0.39 is 11.7 Å². The van der Waals surface area contributed by atoms with Gasteiger partial charge in [-0.15, -0.1) is 0 Å². The smallest absolute Gasteiger partial charge is 0.417 e. The lowest BCUT2D eigenvalue weighted by molar-refractivity contribution is -0.137. The first-order valence-electron chi connectivity index (χ1n) is 7.52. The van der Waals surface area contributed by atoms with Crippen molar-refractivity contribution in [2.24, 2.45) is 14.1 Å². The Hall–Kier alpha value is -2.88. The molecule has 3 heterocycles. The molecule has 0 bridgehead atoms. The Morgan fingerprint density at radius 1 is 1.00 bits per heavy atom. The number of halogens is 3. The molecule has 3 rings (SSSR count). The van der Waals surface area contributed by atoms with E-state index in [1.54, 1.807) is 48.0 Å². The van der Waals surface area contributed by atoms with Gasteiger partial charge in [-0.25, -0.2) is 4.98 Å². The van der Waals surface area contributed by atoms with Crippen LogP contribution in [0, 0.1) is 0 Å². The van der Waals surface area contributed by atoms with Crippen molar-refractivity contribution >= 4 is 0 Å². The van der Waals surface area contributed by atoms with Gasteiger partial charge < -0.3 is 9.84 Å². The first-order valence-corrected chi connectivity index (χ1v) is 7.52. The van der Waals surface area contributed by atoms with Gasteiger partial charge in [0.15, 0.2) is 0 Å². The van der Waals surface area contributed by atoms with E-state index >= 15 is 0 Å². The van der Waals surface area contributed by atoms with Crippen LogP contribution < -0.4 is 4.74 Å². The van der Waals surface area contributed by atoms with Crippen LogP contribution in [0.15, 0.2) is 42.9 Å². The molecule has 0 aliphatic heterocycles. The summed E-state index contributed by atoms with van der Waals surface area (Å²) in [4.78, 5) is 3.60. The van der Waals surface area contributed by atoms with Crippen molar-refractivity contribution in [2.75, 3.05) is 0 Å². The maximum absolute atomic E-state index is 12.3. The minimum atomic E-state index is -4.38. The molecule has 0 unspecified atom stereocenters. The van der Waals surface area contributed by atoms with E-state index in [9.17, 15) is 13.2 Å². The number of nitrogens with zero attached hydrogens (tertiary/aromatic N) is 5. The fourth-order valence-corrected chi connectivity index (χ4v) is 1.88. The van der Waals surface area contributed by atoms with Crippen molar-refractivity contribution in [3.05, 3.63) is 59.8 Å². The average Bonchev–Trinajstić information content (AvgIpc) is 3.21. The molecule has 26 heavy (non-hydrogen) atoms. The Morgan fingerprint density at radius 2 is 1.62 bits per heavy atom. The highest BCUT2D eigenvalue weighted by atomic mass is 19.4. The van der Waals surface area contributed by atoms with Crippen LogP contribution in [-0.2, 0) is 33.5 Å². The van der Waals surface area contributed by atoms with E-state index in [0.717, 1.165) is 23.7 Å². The van der Waals surface area contributed by atoms with E-state index in [1.807, 2.05) is 0 Å². The molecule has 140 valence electrons. The quantitative estimate of drug-likeness (QED) is 0.764. The molecule has 0 saturated carbocycles. The van der Waals surface area contributed by atoms with Crippen LogP contribution in [-0.4, -0.2) is 29.7 Å². The van der Waals surface area contributed by atoms with Crippen molar-refractivity contribution in [2.45, 2.75) is 19.4 Å². The number of alkyl halides is 3. The Balaban J connectivity index is 0.000000254. The summed E-state index contributed by atoms with van der Waals surface area (Å²) in [5.41, 5.74) is 0.845. The van der Waals surface area contributed by atoms with Gasteiger partial charge in [-0.2, -0.15) is 23.4 Å². The van der Waals surface area contributed by atoms with Gasteiger partial charge in [0, 0.05) is 38.8 Å². The van der Waals surface area contributed by atoms with Crippen molar-refractivity contribution in [1.29, 1.82) is 0 Å². The number of aliphatic hydroxyl groups excluding tert-OH is 1. The molecule has 0 aromatic carbocycles. The Bertz CT molecular complexity index is 812. The van der Waals surface area contributed by atoms with Crippen LogP contribution >= 0.6 is 0 Å². The molecule has 0 saturated heterocycles. The Labute approximate surface area is 147 Å². The molecule has 0 fully saturated rings. The highest BCUT2D eigenvalue weighted by Crippen LogP contribution is 2.29. The van der Waals surface area contributed by atoms with Crippen molar-refractivity contribution < 1.29 is 23.0 Å². The maximum Gasteiger partial charge on any atom is 0.417 e.